The van der Waals surface area contributed by atoms with Gasteiger partial charge < -0.3 is 4.90 Å². The highest BCUT2D eigenvalue weighted by atomic mass is 35.5. The molecular formula is C9H12ClN5O. The standard InChI is InChI=1S/C9H12ClN5O/c1-6(4-10)14(2)7-3-8-12-13-9(16)15(8)5-11-7/h3,5-6H,4H2,1-2H3,(H,13,16). The van der Waals surface area contributed by atoms with Gasteiger partial charge in [0.15, 0.2) is 5.65 Å². The van der Waals surface area contributed by atoms with Crippen LogP contribution in [0.1, 0.15) is 6.92 Å². The Labute approximate surface area is 96.9 Å². The zero-order valence-electron chi connectivity index (χ0n) is 9.01. The summed E-state index contributed by atoms with van der Waals surface area (Å²) < 4.78 is 1.35. The summed E-state index contributed by atoms with van der Waals surface area (Å²) in [6.07, 6.45) is 1.45. The summed E-state index contributed by atoms with van der Waals surface area (Å²) in [5.41, 5.74) is 0.255. The van der Waals surface area contributed by atoms with E-state index in [1.807, 2.05) is 18.9 Å². The molecule has 0 aromatic carbocycles. The van der Waals surface area contributed by atoms with E-state index in [1.165, 1.54) is 10.7 Å². The summed E-state index contributed by atoms with van der Waals surface area (Å²) in [6, 6.07) is 1.91. The van der Waals surface area contributed by atoms with Crippen molar-refractivity contribution in [2.45, 2.75) is 13.0 Å². The van der Waals surface area contributed by atoms with Crippen LogP contribution in [0.15, 0.2) is 17.2 Å². The van der Waals surface area contributed by atoms with Crippen molar-refractivity contribution in [3.8, 4) is 0 Å². The largest absolute Gasteiger partial charge is 0.356 e. The van der Waals surface area contributed by atoms with Gasteiger partial charge >= 0.3 is 5.69 Å². The Balaban J connectivity index is 2.43. The molecule has 2 rings (SSSR count). The first-order valence-electron chi connectivity index (χ1n) is 4.85. The number of fused-ring (bicyclic) bond motifs is 1. The average molecular weight is 242 g/mol. The van der Waals surface area contributed by atoms with Crippen molar-refractivity contribution in [1.29, 1.82) is 0 Å². The van der Waals surface area contributed by atoms with Gasteiger partial charge in [-0.2, -0.15) is 5.10 Å². The highest BCUT2D eigenvalue weighted by molar-refractivity contribution is 6.18. The molecule has 2 aromatic heterocycles. The van der Waals surface area contributed by atoms with Crippen LogP contribution >= 0.6 is 11.6 Å². The van der Waals surface area contributed by atoms with Crippen LogP contribution in [0.2, 0.25) is 0 Å². The van der Waals surface area contributed by atoms with E-state index in [-0.39, 0.29) is 11.7 Å². The van der Waals surface area contributed by atoms with Gasteiger partial charge in [-0.15, -0.1) is 11.6 Å². The molecule has 0 fully saturated rings. The monoisotopic (exact) mass is 241 g/mol. The highest BCUT2D eigenvalue weighted by Crippen LogP contribution is 2.13. The van der Waals surface area contributed by atoms with Gasteiger partial charge in [0, 0.05) is 25.0 Å². The molecule has 0 aliphatic carbocycles. The molecule has 0 radical (unpaired) electrons. The maximum atomic E-state index is 11.2. The molecule has 0 spiro atoms. The zero-order chi connectivity index (χ0) is 11.7. The number of halogens is 1. The normalized spacial score (nSPS) is 12.9. The fraction of sp³-hybridized carbons (Fsp3) is 0.444. The van der Waals surface area contributed by atoms with Crippen molar-refractivity contribution in [3.63, 3.8) is 0 Å². The van der Waals surface area contributed by atoms with Gasteiger partial charge in [0.25, 0.3) is 0 Å². The third-order valence-corrected chi connectivity index (χ3v) is 2.99. The van der Waals surface area contributed by atoms with Crippen LogP contribution in [0.3, 0.4) is 0 Å². The van der Waals surface area contributed by atoms with Crippen LogP contribution in [0.25, 0.3) is 5.65 Å². The molecule has 0 saturated carbocycles. The van der Waals surface area contributed by atoms with Crippen LogP contribution in [0, 0.1) is 0 Å². The molecule has 0 bridgehead atoms. The number of hydrogen-bond donors (Lipinski definition) is 1. The summed E-state index contributed by atoms with van der Waals surface area (Å²) in [4.78, 5) is 17.3. The number of aromatic nitrogens is 4. The number of nitrogens with one attached hydrogen (secondary N) is 1. The molecule has 0 aliphatic rings. The molecule has 7 heteroatoms. The van der Waals surface area contributed by atoms with E-state index in [9.17, 15) is 4.79 Å². The lowest BCUT2D eigenvalue weighted by atomic mass is 10.3. The lowest BCUT2D eigenvalue weighted by molar-refractivity contribution is 0.747. The maximum Gasteiger partial charge on any atom is 0.348 e. The lowest BCUT2D eigenvalue weighted by Crippen LogP contribution is -2.31. The lowest BCUT2D eigenvalue weighted by Gasteiger charge is -2.23. The van der Waals surface area contributed by atoms with Gasteiger partial charge in [0.2, 0.25) is 0 Å². The van der Waals surface area contributed by atoms with Crippen molar-refractivity contribution in [3.05, 3.63) is 22.9 Å². The van der Waals surface area contributed by atoms with Crippen molar-refractivity contribution in [2.24, 2.45) is 0 Å². The highest BCUT2D eigenvalue weighted by Gasteiger charge is 2.11. The quantitative estimate of drug-likeness (QED) is 0.794. The van der Waals surface area contributed by atoms with E-state index < -0.39 is 0 Å². The molecule has 0 saturated heterocycles. The van der Waals surface area contributed by atoms with E-state index in [0.29, 0.717) is 11.5 Å². The molecule has 6 nitrogen and oxygen atoms in total. The number of alkyl halides is 1. The Morgan fingerprint density at radius 1 is 1.69 bits per heavy atom. The molecule has 0 amide bonds. The minimum absolute atomic E-state index is 0.169. The second-order valence-corrected chi connectivity index (χ2v) is 3.93. The first-order chi connectivity index (χ1) is 7.63. The molecule has 1 unspecified atom stereocenters. The smallest absolute Gasteiger partial charge is 0.348 e. The second kappa shape index (κ2) is 4.13. The summed E-state index contributed by atoms with van der Waals surface area (Å²) in [5, 5.41) is 6.23. The third kappa shape index (κ3) is 1.76. The van der Waals surface area contributed by atoms with Crippen molar-refractivity contribution in [2.75, 3.05) is 17.8 Å². The SMILES string of the molecule is CC(CCl)N(C)c1cc2n[nH]c(=O)n2cn1. The van der Waals surface area contributed by atoms with E-state index in [2.05, 4.69) is 15.2 Å². The Bertz CT molecular complexity index is 548. The zero-order valence-corrected chi connectivity index (χ0v) is 9.77. The summed E-state index contributed by atoms with van der Waals surface area (Å²) in [6.45, 7) is 2.00. The van der Waals surface area contributed by atoms with Gasteiger partial charge in [-0.05, 0) is 6.92 Å². The third-order valence-electron chi connectivity index (χ3n) is 2.54. The number of nitrogens with zero attached hydrogens (tertiary/aromatic N) is 4. The van der Waals surface area contributed by atoms with Crippen molar-refractivity contribution in [1.82, 2.24) is 19.6 Å². The fourth-order valence-electron chi connectivity index (χ4n) is 1.32. The topological polar surface area (TPSA) is 66.3 Å². The first kappa shape index (κ1) is 10.9. The van der Waals surface area contributed by atoms with Crippen LogP contribution in [0.5, 0.6) is 0 Å². The first-order valence-corrected chi connectivity index (χ1v) is 5.38. The van der Waals surface area contributed by atoms with Gasteiger partial charge in [0.1, 0.15) is 12.1 Å². The summed E-state index contributed by atoms with van der Waals surface area (Å²) in [5.74, 6) is 1.25. The van der Waals surface area contributed by atoms with E-state index in [0.717, 1.165) is 5.82 Å². The van der Waals surface area contributed by atoms with E-state index >= 15 is 0 Å². The molecule has 86 valence electrons. The summed E-state index contributed by atoms with van der Waals surface area (Å²) in [7, 11) is 1.90. The summed E-state index contributed by atoms with van der Waals surface area (Å²) >= 11 is 5.77. The predicted octanol–water partition coefficient (Wildman–Crippen LogP) is 0.481. The van der Waals surface area contributed by atoms with Crippen molar-refractivity contribution < 1.29 is 0 Å². The Morgan fingerprint density at radius 3 is 3.12 bits per heavy atom. The Morgan fingerprint density at radius 2 is 2.44 bits per heavy atom. The molecular weight excluding hydrogens is 230 g/mol. The van der Waals surface area contributed by atoms with Crippen LogP contribution in [0.4, 0.5) is 5.82 Å². The molecule has 16 heavy (non-hydrogen) atoms. The van der Waals surface area contributed by atoms with E-state index in [1.54, 1.807) is 6.07 Å². The molecule has 2 aromatic rings. The van der Waals surface area contributed by atoms with Crippen molar-refractivity contribution >= 4 is 23.1 Å². The number of hydrogen-bond acceptors (Lipinski definition) is 4. The van der Waals surface area contributed by atoms with E-state index in [4.69, 9.17) is 11.6 Å². The Kier molecular flexibility index (Phi) is 2.82. The number of H-pyrrole nitrogens is 1. The Hall–Kier alpha value is -1.56. The van der Waals surface area contributed by atoms with Gasteiger partial charge in [-0.1, -0.05) is 0 Å². The molecule has 2 heterocycles. The van der Waals surface area contributed by atoms with Gasteiger partial charge in [0.05, 0.1) is 0 Å². The molecule has 0 aliphatic heterocycles. The number of aromatic amines is 1. The van der Waals surface area contributed by atoms with Gasteiger partial charge in [-0.3, -0.25) is 0 Å². The molecule has 1 atom stereocenters. The maximum absolute atomic E-state index is 11.2. The number of rotatable bonds is 3. The van der Waals surface area contributed by atoms with Crippen LogP contribution in [-0.2, 0) is 0 Å². The second-order valence-electron chi connectivity index (χ2n) is 3.62. The predicted molar refractivity (Wildman–Crippen MR) is 62.2 cm³/mol. The minimum atomic E-state index is -0.290. The average Bonchev–Trinajstić information content (AvgIpc) is 2.68. The minimum Gasteiger partial charge on any atom is -0.356 e. The number of anilines is 1. The molecule has 1 N–H and O–H groups in total. The van der Waals surface area contributed by atoms with Crippen LogP contribution in [-0.4, -0.2) is 38.6 Å². The van der Waals surface area contributed by atoms with Crippen LogP contribution < -0.4 is 10.6 Å². The van der Waals surface area contributed by atoms with Gasteiger partial charge in [-0.25, -0.2) is 19.3 Å². The fourth-order valence-corrected chi connectivity index (χ4v) is 1.53.